The van der Waals surface area contributed by atoms with E-state index in [1.165, 1.54) is 7.11 Å². The highest BCUT2D eigenvalue weighted by molar-refractivity contribution is 5.84. The molecule has 0 spiro atoms. The number of benzene rings is 1. The first-order valence-electron chi connectivity index (χ1n) is 9.80. The van der Waals surface area contributed by atoms with Gasteiger partial charge in [0.05, 0.1) is 33.4 Å². The van der Waals surface area contributed by atoms with Gasteiger partial charge in [0.25, 0.3) is 0 Å². The second kappa shape index (κ2) is 9.06. The Balaban J connectivity index is 2.02. The van der Waals surface area contributed by atoms with Gasteiger partial charge in [-0.25, -0.2) is 14.6 Å². The molecule has 1 aromatic heterocycles. The van der Waals surface area contributed by atoms with Crippen LogP contribution in [0.2, 0.25) is 0 Å². The smallest absolute Gasteiger partial charge is 0.328 e. The van der Waals surface area contributed by atoms with Crippen molar-refractivity contribution in [2.45, 2.75) is 32.4 Å². The number of carbonyl (C=O) groups excluding carboxylic acids is 2. The first-order chi connectivity index (χ1) is 14.4. The van der Waals surface area contributed by atoms with Crippen LogP contribution in [-0.4, -0.2) is 60.8 Å². The average molecular weight is 416 g/mol. The fourth-order valence-corrected chi connectivity index (χ4v) is 3.70. The summed E-state index contributed by atoms with van der Waals surface area (Å²) in [5.41, 5.74) is 2.45. The lowest BCUT2D eigenvalue weighted by Gasteiger charge is -2.37. The predicted octanol–water partition coefficient (Wildman–Crippen LogP) is 2.28. The number of esters is 1. The minimum atomic E-state index is -0.754. The molecule has 2 aromatic rings. The van der Waals surface area contributed by atoms with Gasteiger partial charge in [0.1, 0.15) is 23.6 Å². The molecule has 0 fully saturated rings. The molecule has 2 N–H and O–H groups in total. The van der Waals surface area contributed by atoms with E-state index in [-0.39, 0.29) is 11.9 Å². The lowest BCUT2D eigenvalue weighted by molar-refractivity contribution is -0.144. The maximum Gasteiger partial charge on any atom is 0.328 e. The highest BCUT2D eigenvalue weighted by Gasteiger charge is 2.38. The molecule has 2 heterocycles. The number of imidazole rings is 1. The van der Waals surface area contributed by atoms with Crippen LogP contribution in [0.4, 0.5) is 4.79 Å². The van der Waals surface area contributed by atoms with Crippen LogP contribution in [0.5, 0.6) is 11.5 Å². The zero-order valence-corrected chi connectivity index (χ0v) is 17.9. The molecule has 0 radical (unpaired) electrons. The van der Waals surface area contributed by atoms with E-state index in [9.17, 15) is 9.59 Å². The number of urea groups is 1. The number of methoxy groups -OCH3 is 3. The summed E-state index contributed by atoms with van der Waals surface area (Å²) in [7, 11) is 4.47. The summed E-state index contributed by atoms with van der Waals surface area (Å²) in [6.45, 7) is 4.15. The van der Waals surface area contributed by atoms with Gasteiger partial charge in [0.15, 0.2) is 0 Å². The number of nitrogens with one attached hydrogen (secondary N) is 2. The molecule has 0 unspecified atom stereocenters. The van der Waals surface area contributed by atoms with Crippen molar-refractivity contribution in [2.75, 3.05) is 27.9 Å². The fraction of sp³-hybridized carbons (Fsp3) is 0.476. The number of hydrogen-bond donors (Lipinski definition) is 2. The van der Waals surface area contributed by atoms with Gasteiger partial charge in [-0.15, -0.1) is 0 Å². The van der Waals surface area contributed by atoms with E-state index in [4.69, 9.17) is 14.2 Å². The van der Waals surface area contributed by atoms with Gasteiger partial charge in [-0.3, -0.25) is 0 Å². The Labute approximate surface area is 175 Å². The quantitative estimate of drug-likeness (QED) is 0.700. The Morgan fingerprint density at radius 3 is 2.63 bits per heavy atom. The van der Waals surface area contributed by atoms with Gasteiger partial charge in [-0.05, 0) is 24.1 Å². The monoisotopic (exact) mass is 416 g/mol. The molecule has 0 aliphatic carbocycles. The highest BCUT2D eigenvalue weighted by Crippen LogP contribution is 2.39. The van der Waals surface area contributed by atoms with Gasteiger partial charge in [0, 0.05) is 24.2 Å². The number of rotatable bonds is 6. The molecule has 9 nitrogen and oxygen atoms in total. The second-order valence-corrected chi connectivity index (χ2v) is 7.41. The summed E-state index contributed by atoms with van der Waals surface area (Å²) in [6, 6.07) is 3.81. The van der Waals surface area contributed by atoms with Crippen molar-refractivity contribution in [1.29, 1.82) is 0 Å². The number of H-pyrrole nitrogens is 1. The van der Waals surface area contributed by atoms with Crippen molar-refractivity contribution in [3.05, 3.63) is 41.5 Å². The van der Waals surface area contributed by atoms with E-state index >= 15 is 0 Å². The van der Waals surface area contributed by atoms with Crippen molar-refractivity contribution >= 4 is 12.0 Å². The first-order valence-corrected chi connectivity index (χ1v) is 9.80. The molecule has 1 aliphatic heterocycles. The van der Waals surface area contributed by atoms with E-state index in [0.717, 1.165) is 17.0 Å². The standard InChI is InChI=1S/C21H28N4O5/c1-12(2)17(20(26)30-5)24-21(27)25-9-8-15-18(23-11-22-15)19(25)14-10-13(28-3)6-7-16(14)29-4/h6-7,10-12,17,19H,8-9H2,1-5H3,(H,22,23)(H,24,27)/t17-,19+/m1/s1. The molecule has 162 valence electrons. The van der Waals surface area contributed by atoms with Crippen molar-refractivity contribution in [2.24, 2.45) is 5.92 Å². The number of ether oxygens (including phenoxy) is 3. The van der Waals surface area contributed by atoms with Crippen LogP contribution in [0.3, 0.4) is 0 Å². The summed E-state index contributed by atoms with van der Waals surface area (Å²) in [5.74, 6) is 0.648. The number of aromatic amines is 1. The Morgan fingerprint density at radius 1 is 1.23 bits per heavy atom. The molecule has 0 saturated carbocycles. The van der Waals surface area contributed by atoms with E-state index < -0.39 is 18.1 Å². The topological polar surface area (TPSA) is 106 Å². The zero-order valence-electron chi connectivity index (χ0n) is 17.9. The van der Waals surface area contributed by atoms with Crippen LogP contribution in [0.25, 0.3) is 0 Å². The fourth-order valence-electron chi connectivity index (χ4n) is 3.70. The molecule has 1 aromatic carbocycles. The summed E-state index contributed by atoms with van der Waals surface area (Å²) >= 11 is 0. The van der Waals surface area contributed by atoms with Crippen molar-refractivity contribution < 1.29 is 23.8 Å². The van der Waals surface area contributed by atoms with E-state index in [1.807, 2.05) is 19.9 Å². The molecular weight excluding hydrogens is 388 g/mol. The molecule has 2 atom stereocenters. The molecule has 0 bridgehead atoms. The summed E-state index contributed by atoms with van der Waals surface area (Å²) < 4.78 is 15.8. The average Bonchev–Trinajstić information content (AvgIpc) is 3.24. The number of amides is 2. The van der Waals surface area contributed by atoms with Gasteiger partial charge in [-0.2, -0.15) is 0 Å². The third-order valence-electron chi connectivity index (χ3n) is 5.32. The van der Waals surface area contributed by atoms with Crippen molar-refractivity contribution in [1.82, 2.24) is 20.2 Å². The molecular formula is C21H28N4O5. The Bertz CT molecular complexity index is 911. The summed E-state index contributed by atoms with van der Waals surface area (Å²) in [5, 5.41) is 2.83. The van der Waals surface area contributed by atoms with Gasteiger partial charge < -0.3 is 29.4 Å². The first kappa shape index (κ1) is 21.5. The third-order valence-corrected chi connectivity index (χ3v) is 5.32. The van der Waals surface area contributed by atoms with Crippen LogP contribution in [0.15, 0.2) is 24.5 Å². The van der Waals surface area contributed by atoms with E-state index in [1.54, 1.807) is 37.6 Å². The summed E-state index contributed by atoms with van der Waals surface area (Å²) in [6.07, 6.45) is 2.24. The maximum absolute atomic E-state index is 13.3. The number of carbonyl (C=O) groups is 2. The lowest BCUT2D eigenvalue weighted by atomic mass is 9.94. The van der Waals surface area contributed by atoms with E-state index in [2.05, 4.69) is 15.3 Å². The second-order valence-electron chi connectivity index (χ2n) is 7.41. The number of nitrogens with zero attached hydrogens (tertiary/aromatic N) is 2. The van der Waals surface area contributed by atoms with Crippen LogP contribution < -0.4 is 14.8 Å². The SMILES string of the molecule is COC(=O)[C@H](NC(=O)N1CCc2[nH]cnc2[C@@H]1c1cc(OC)ccc1OC)C(C)C. The maximum atomic E-state index is 13.3. The largest absolute Gasteiger partial charge is 0.497 e. The minimum absolute atomic E-state index is 0.128. The predicted molar refractivity (Wildman–Crippen MR) is 110 cm³/mol. The van der Waals surface area contributed by atoms with Crippen LogP contribution in [-0.2, 0) is 16.0 Å². The molecule has 0 saturated heterocycles. The number of fused-ring (bicyclic) bond motifs is 1. The number of aromatic nitrogens is 2. The molecule has 1 aliphatic rings. The van der Waals surface area contributed by atoms with Crippen molar-refractivity contribution in [3.63, 3.8) is 0 Å². The van der Waals surface area contributed by atoms with Crippen LogP contribution in [0.1, 0.15) is 36.8 Å². The third kappa shape index (κ3) is 4.05. The Kier molecular flexibility index (Phi) is 6.49. The minimum Gasteiger partial charge on any atom is -0.497 e. The number of hydrogen-bond acceptors (Lipinski definition) is 6. The van der Waals surface area contributed by atoms with Gasteiger partial charge >= 0.3 is 12.0 Å². The Morgan fingerprint density at radius 2 is 2.00 bits per heavy atom. The van der Waals surface area contributed by atoms with Crippen LogP contribution in [0, 0.1) is 5.92 Å². The highest BCUT2D eigenvalue weighted by atomic mass is 16.5. The zero-order chi connectivity index (χ0) is 21.8. The lowest BCUT2D eigenvalue weighted by Crippen LogP contribution is -2.53. The summed E-state index contributed by atoms with van der Waals surface area (Å²) in [4.78, 5) is 34.8. The van der Waals surface area contributed by atoms with E-state index in [0.29, 0.717) is 24.5 Å². The normalized spacial score (nSPS) is 16.6. The Hall–Kier alpha value is -3.23. The molecule has 3 rings (SSSR count). The van der Waals surface area contributed by atoms with Gasteiger partial charge in [-0.1, -0.05) is 13.8 Å². The van der Waals surface area contributed by atoms with Crippen LogP contribution >= 0.6 is 0 Å². The van der Waals surface area contributed by atoms with Gasteiger partial charge in [0.2, 0.25) is 0 Å². The van der Waals surface area contributed by atoms with Crippen molar-refractivity contribution in [3.8, 4) is 11.5 Å². The molecule has 30 heavy (non-hydrogen) atoms. The molecule has 9 heteroatoms. The molecule has 2 amide bonds.